The second-order valence-electron chi connectivity index (χ2n) is 4.80. The maximum Gasteiger partial charge on any atom is 0.0454 e. The van der Waals surface area contributed by atoms with E-state index in [1.807, 2.05) is 36.4 Å². The molecule has 0 aliphatic carbocycles. The Morgan fingerprint density at radius 3 is 2.10 bits per heavy atom. The smallest absolute Gasteiger partial charge is 0.0454 e. The van der Waals surface area contributed by atoms with Crippen LogP contribution < -0.4 is 5.32 Å². The van der Waals surface area contributed by atoms with Crippen LogP contribution in [0.4, 0.5) is 0 Å². The first-order chi connectivity index (χ1) is 9.49. The Balaban J connectivity index is 2.17. The molecule has 4 heteroatoms. The van der Waals surface area contributed by atoms with Crippen molar-refractivity contribution < 1.29 is 0 Å². The Morgan fingerprint density at radius 2 is 1.40 bits per heavy atom. The quantitative estimate of drug-likeness (QED) is 0.719. The van der Waals surface area contributed by atoms with E-state index in [4.69, 9.17) is 34.8 Å². The zero-order valence-corrected chi connectivity index (χ0v) is 13.6. The van der Waals surface area contributed by atoms with E-state index in [1.54, 1.807) is 6.07 Å². The molecule has 0 aromatic heterocycles. The van der Waals surface area contributed by atoms with Crippen molar-refractivity contribution in [1.29, 1.82) is 0 Å². The SMILES string of the molecule is CC(NC(C)c1cc(Cl)ccc1Cl)c1ccccc1Cl. The summed E-state index contributed by atoms with van der Waals surface area (Å²) in [5.74, 6) is 0. The van der Waals surface area contributed by atoms with Gasteiger partial charge in [-0.1, -0.05) is 53.0 Å². The first-order valence-corrected chi connectivity index (χ1v) is 7.58. The van der Waals surface area contributed by atoms with Gasteiger partial charge < -0.3 is 5.32 Å². The largest absolute Gasteiger partial charge is 0.304 e. The third-order valence-electron chi connectivity index (χ3n) is 3.30. The fourth-order valence-electron chi connectivity index (χ4n) is 2.23. The van der Waals surface area contributed by atoms with Gasteiger partial charge in [0.05, 0.1) is 0 Å². The molecule has 2 rings (SSSR count). The molecule has 0 spiro atoms. The molecule has 0 amide bonds. The van der Waals surface area contributed by atoms with Crippen molar-refractivity contribution >= 4 is 34.8 Å². The lowest BCUT2D eigenvalue weighted by Gasteiger charge is -2.22. The number of rotatable bonds is 4. The molecule has 1 N–H and O–H groups in total. The van der Waals surface area contributed by atoms with Crippen LogP contribution in [0.3, 0.4) is 0 Å². The summed E-state index contributed by atoms with van der Waals surface area (Å²) < 4.78 is 0. The van der Waals surface area contributed by atoms with Gasteiger partial charge in [0.2, 0.25) is 0 Å². The lowest BCUT2D eigenvalue weighted by molar-refractivity contribution is 0.495. The number of halogens is 3. The molecule has 106 valence electrons. The van der Waals surface area contributed by atoms with E-state index in [9.17, 15) is 0 Å². The molecule has 0 fully saturated rings. The Hall–Kier alpha value is -0.730. The third-order valence-corrected chi connectivity index (χ3v) is 4.22. The molecule has 0 aliphatic rings. The second kappa shape index (κ2) is 6.82. The van der Waals surface area contributed by atoms with Gasteiger partial charge in [-0.05, 0) is 49.2 Å². The van der Waals surface area contributed by atoms with Gasteiger partial charge in [0.25, 0.3) is 0 Å². The molecule has 2 aromatic carbocycles. The summed E-state index contributed by atoms with van der Waals surface area (Å²) in [6.45, 7) is 4.14. The van der Waals surface area contributed by atoms with Gasteiger partial charge in [0.15, 0.2) is 0 Å². The maximum absolute atomic E-state index is 6.23. The average Bonchev–Trinajstić information content (AvgIpc) is 2.41. The van der Waals surface area contributed by atoms with Crippen molar-refractivity contribution in [3.63, 3.8) is 0 Å². The molecule has 0 aliphatic heterocycles. The van der Waals surface area contributed by atoms with Gasteiger partial charge in [-0.3, -0.25) is 0 Å². The summed E-state index contributed by atoms with van der Waals surface area (Å²) in [5, 5.41) is 5.65. The molecule has 0 bridgehead atoms. The van der Waals surface area contributed by atoms with Crippen molar-refractivity contribution in [3.8, 4) is 0 Å². The van der Waals surface area contributed by atoms with E-state index in [-0.39, 0.29) is 12.1 Å². The summed E-state index contributed by atoms with van der Waals surface area (Å²) in [6, 6.07) is 13.5. The van der Waals surface area contributed by atoms with Gasteiger partial charge in [-0.15, -0.1) is 0 Å². The summed E-state index contributed by atoms with van der Waals surface area (Å²) in [6.07, 6.45) is 0. The van der Waals surface area contributed by atoms with Gasteiger partial charge >= 0.3 is 0 Å². The van der Waals surface area contributed by atoms with Crippen LogP contribution in [0.15, 0.2) is 42.5 Å². The standard InChI is InChI=1S/C16H16Cl3N/c1-10(13-5-3-4-6-15(13)18)20-11(2)14-9-12(17)7-8-16(14)19/h3-11,20H,1-2H3. The Kier molecular flexibility index (Phi) is 5.34. The third kappa shape index (κ3) is 3.67. The molecular weight excluding hydrogens is 313 g/mol. The topological polar surface area (TPSA) is 12.0 Å². The molecule has 0 heterocycles. The van der Waals surface area contributed by atoms with Gasteiger partial charge in [-0.2, -0.15) is 0 Å². The van der Waals surface area contributed by atoms with Gasteiger partial charge in [-0.25, -0.2) is 0 Å². The van der Waals surface area contributed by atoms with Gasteiger partial charge in [0, 0.05) is 27.2 Å². The van der Waals surface area contributed by atoms with Crippen molar-refractivity contribution in [2.45, 2.75) is 25.9 Å². The molecule has 2 aromatic rings. The highest BCUT2D eigenvalue weighted by Gasteiger charge is 2.15. The number of hydrogen-bond acceptors (Lipinski definition) is 1. The molecule has 1 nitrogen and oxygen atoms in total. The summed E-state index contributed by atoms with van der Waals surface area (Å²) in [4.78, 5) is 0. The van der Waals surface area contributed by atoms with E-state index in [0.29, 0.717) is 10.0 Å². The minimum Gasteiger partial charge on any atom is -0.304 e. The Labute approximate surface area is 134 Å². The summed E-state index contributed by atoms with van der Waals surface area (Å²) in [5.41, 5.74) is 2.05. The van der Waals surface area contributed by atoms with Crippen LogP contribution in [0.1, 0.15) is 37.1 Å². The summed E-state index contributed by atoms with van der Waals surface area (Å²) in [7, 11) is 0. The van der Waals surface area contributed by atoms with Crippen molar-refractivity contribution in [2.24, 2.45) is 0 Å². The minimum atomic E-state index is 0.0764. The fourth-order valence-corrected chi connectivity index (χ4v) is 2.99. The van der Waals surface area contributed by atoms with Crippen LogP contribution in [0.2, 0.25) is 15.1 Å². The average molecular weight is 329 g/mol. The van der Waals surface area contributed by atoms with Crippen LogP contribution in [-0.2, 0) is 0 Å². The minimum absolute atomic E-state index is 0.0764. The van der Waals surface area contributed by atoms with E-state index < -0.39 is 0 Å². The van der Waals surface area contributed by atoms with E-state index in [1.165, 1.54) is 0 Å². The van der Waals surface area contributed by atoms with E-state index in [2.05, 4.69) is 19.2 Å². The Bertz CT molecular complexity index is 598. The molecular formula is C16H16Cl3N. The number of nitrogens with one attached hydrogen (secondary N) is 1. The lowest BCUT2D eigenvalue weighted by Crippen LogP contribution is -2.23. The van der Waals surface area contributed by atoms with Crippen LogP contribution in [0.25, 0.3) is 0 Å². The molecule has 0 radical (unpaired) electrons. The molecule has 20 heavy (non-hydrogen) atoms. The van der Waals surface area contributed by atoms with Crippen LogP contribution in [0, 0.1) is 0 Å². The maximum atomic E-state index is 6.23. The summed E-state index contributed by atoms with van der Waals surface area (Å²) >= 11 is 18.5. The van der Waals surface area contributed by atoms with Crippen LogP contribution in [-0.4, -0.2) is 0 Å². The molecule has 0 saturated heterocycles. The monoisotopic (exact) mass is 327 g/mol. The predicted molar refractivity (Wildman–Crippen MR) is 87.9 cm³/mol. The van der Waals surface area contributed by atoms with Crippen LogP contribution in [0.5, 0.6) is 0 Å². The van der Waals surface area contributed by atoms with Crippen molar-refractivity contribution in [2.75, 3.05) is 0 Å². The van der Waals surface area contributed by atoms with E-state index in [0.717, 1.165) is 16.1 Å². The van der Waals surface area contributed by atoms with E-state index >= 15 is 0 Å². The number of benzene rings is 2. The first kappa shape index (κ1) is 15.7. The second-order valence-corrected chi connectivity index (χ2v) is 6.05. The van der Waals surface area contributed by atoms with Crippen molar-refractivity contribution in [3.05, 3.63) is 68.7 Å². The zero-order chi connectivity index (χ0) is 14.7. The predicted octanol–water partition coefficient (Wildman–Crippen LogP) is 6.06. The normalized spacial score (nSPS) is 14.1. The Morgan fingerprint density at radius 1 is 0.800 bits per heavy atom. The highest BCUT2D eigenvalue weighted by Crippen LogP contribution is 2.29. The highest BCUT2D eigenvalue weighted by molar-refractivity contribution is 6.33. The van der Waals surface area contributed by atoms with Crippen LogP contribution >= 0.6 is 34.8 Å². The van der Waals surface area contributed by atoms with Gasteiger partial charge in [0.1, 0.15) is 0 Å². The first-order valence-electron chi connectivity index (χ1n) is 6.44. The molecule has 2 unspecified atom stereocenters. The zero-order valence-electron chi connectivity index (χ0n) is 11.3. The number of hydrogen-bond donors (Lipinski definition) is 1. The fraction of sp³-hybridized carbons (Fsp3) is 0.250. The van der Waals surface area contributed by atoms with Crippen molar-refractivity contribution in [1.82, 2.24) is 5.32 Å². The highest BCUT2D eigenvalue weighted by atomic mass is 35.5. The molecule has 0 saturated carbocycles. The molecule has 2 atom stereocenters. The lowest BCUT2D eigenvalue weighted by atomic mass is 10.0.